The number of fused-ring (bicyclic) bond motifs is 4. The van der Waals surface area contributed by atoms with Gasteiger partial charge in [-0.2, -0.15) is 0 Å². The molecule has 9 rings (SSSR count). The number of carbonyl (C=O) groups excluding carboxylic acids is 2. The van der Waals surface area contributed by atoms with Gasteiger partial charge in [-0.3, -0.25) is 9.59 Å². The molecule has 0 N–H and O–H groups in total. The predicted octanol–water partition coefficient (Wildman–Crippen LogP) is 11.7. The van der Waals surface area contributed by atoms with E-state index < -0.39 is 0 Å². The second-order valence-electron chi connectivity index (χ2n) is 12.6. The average molecular weight is 667 g/mol. The fourth-order valence-electron chi connectivity index (χ4n) is 7.39. The van der Waals surface area contributed by atoms with Gasteiger partial charge >= 0.3 is 0 Å². The summed E-state index contributed by atoms with van der Waals surface area (Å²) in [6, 6.07) is 50.3. The van der Waals surface area contributed by atoms with Crippen molar-refractivity contribution >= 4 is 50.7 Å². The highest BCUT2D eigenvalue weighted by molar-refractivity contribution is 6.36. The largest absolute Gasteiger partial charge is 0.308 e. The maximum absolute atomic E-state index is 14.8. The molecule has 8 aromatic rings. The van der Waals surface area contributed by atoms with Crippen molar-refractivity contribution in [1.82, 2.24) is 4.57 Å². The van der Waals surface area contributed by atoms with Crippen LogP contribution in [0.2, 0.25) is 0 Å². The second-order valence-corrected chi connectivity index (χ2v) is 12.6. The first-order valence-corrected chi connectivity index (χ1v) is 16.8. The molecule has 6 nitrogen and oxygen atoms in total. The van der Waals surface area contributed by atoms with E-state index in [4.69, 9.17) is 13.1 Å². The molecule has 7 aromatic carbocycles. The Labute approximate surface area is 299 Å². The van der Waals surface area contributed by atoms with E-state index in [0.29, 0.717) is 33.9 Å². The molecule has 1 aromatic heterocycles. The lowest BCUT2D eigenvalue weighted by molar-refractivity contribution is 0.0926. The summed E-state index contributed by atoms with van der Waals surface area (Å²) >= 11 is 0. The Morgan fingerprint density at radius 1 is 0.442 bits per heavy atom. The summed E-state index contributed by atoms with van der Waals surface area (Å²) < 4.78 is 2.05. The molecule has 242 valence electrons. The third-order valence-corrected chi connectivity index (χ3v) is 9.78. The summed E-state index contributed by atoms with van der Waals surface area (Å²) in [5.41, 5.74) is 9.54. The number of rotatable bonds is 5. The zero-order valence-corrected chi connectivity index (χ0v) is 27.6. The predicted molar refractivity (Wildman–Crippen MR) is 207 cm³/mol. The van der Waals surface area contributed by atoms with Crippen LogP contribution in [0.1, 0.15) is 20.7 Å². The van der Waals surface area contributed by atoms with Gasteiger partial charge in [-0.25, -0.2) is 14.6 Å². The Hall–Kier alpha value is -7.54. The minimum atomic E-state index is -0.387. The first-order chi connectivity index (χ1) is 25.6. The van der Waals surface area contributed by atoms with Crippen LogP contribution in [-0.4, -0.2) is 16.4 Å². The molecule has 2 heterocycles. The number of imide groups is 1. The van der Waals surface area contributed by atoms with E-state index in [0.717, 1.165) is 55.2 Å². The highest BCUT2D eigenvalue weighted by Crippen LogP contribution is 2.43. The van der Waals surface area contributed by atoms with E-state index in [1.807, 2.05) is 133 Å². The Kier molecular flexibility index (Phi) is 7.10. The fourth-order valence-corrected chi connectivity index (χ4v) is 7.39. The van der Waals surface area contributed by atoms with Crippen LogP contribution in [0.4, 0.5) is 17.1 Å². The smallest absolute Gasteiger partial charge is 0.268 e. The van der Waals surface area contributed by atoms with Crippen LogP contribution in [0.15, 0.2) is 158 Å². The molecule has 0 fully saturated rings. The lowest BCUT2D eigenvalue weighted by atomic mass is 9.97. The Balaban J connectivity index is 1.23. The van der Waals surface area contributed by atoms with E-state index in [1.54, 1.807) is 18.2 Å². The molecule has 6 heteroatoms. The maximum atomic E-state index is 14.8. The maximum Gasteiger partial charge on any atom is 0.268 e. The van der Waals surface area contributed by atoms with Crippen LogP contribution in [0.3, 0.4) is 0 Å². The van der Waals surface area contributed by atoms with E-state index in [9.17, 15) is 9.59 Å². The third kappa shape index (κ3) is 4.71. The van der Waals surface area contributed by atoms with Crippen LogP contribution >= 0.6 is 0 Å². The topological polar surface area (TPSA) is 51.0 Å². The van der Waals surface area contributed by atoms with Crippen molar-refractivity contribution in [3.63, 3.8) is 0 Å². The van der Waals surface area contributed by atoms with E-state index >= 15 is 0 Å². The SMILES string of the molecule is [C-]#[N+]c1ccc(-c2ccc3c(c2)c2ccccc2n3-c2cccc3c2C(=O)N(c2cc(-c4ccccc4)ccc2-c2ccccc2)C3=O)c([N+]#[C-])c1. The van der Waals surface area contributed by atoms with Gasteiger partial charge in [-0.05, 0) is 64.2 Å². The van der Waals surface area contributed by atoms with Crippen LogP contribution in [0.5, 0.6) is 0 Å². The van der Waals surface area contributed by atoms with Crippen molar-refractivity contribution in [3.8, 4) is 39.1 Å². The molecule has 52 heavy (non-hydrogen) atoms. The number of para-hydroxylation sites is 1. The number of hydrogen-bond acceptors (Lipinski definition) is 2. The van der Waals surface area contributed by atoms with Gasteiger partial charge in [0.15, 0.2) is 11.4 Å². The van der Waals surface area contributed by atoms with Gasteiger partial charge in [0, 0.05) is 16.3 Å². The minimum absolute atomic E-state index is 0.341. The summed E-state index contributed by atoms with van der Waals surface area (Å²) in [6.07, 6.45) is 0. The normalized spacial score (nSPS) is 12.2. The van der Waals surface area contributed by atoms with Crippen LogP contribution < -0.4 is 4.90 Å². The fraction of sp³-hybridized carbons (Fsp3) is 0. The number of amides is 2. The Morgan fingerprint density at radius 2 is 1.13 bits per heavy atom. The monoisotopic (exact) mass is 666 g/mol. The quantitative estimate of drug-likeness (QED) is 0.136. The van der Waals surface area contributed by atoms with E-state index in [1.165, 1.54) is 4.90 Å². The number of anilines is 1. The molecular formula is C46H26N4O2. The Bertz CT molecular complexity index is 2860. The second kappa shape index (κ2) is 12.1. The number of benzene rings is 7. The molecular weight excluding hydrogens is 641 g/mol. The first-order valence-electron chi connectivity index (χ1n) is 16.8. The number of aromatic nitrogens is 1. The molecule has 0 bridgehead atoms. The van der Waals surface area contributed by atoms with Gasteiger partial charge in [0.1, 0.15) is 0 Å². The molecule has 1 aliphatic rings. The van der Waals surface area contributed by atoms with Crippen molar-refractivity contribution in [2.24, 2.45) is 0 Å². The minimum Gasteiger partial charge on any atom is -0.308 e. The standard InChI is InChI=1S/C46H26N4O2/c1-47-33-22-24-34(39(28-33)48-2)32-21-25-41-38(26-32)36-16-9-10-18-40(36)49(41)42-19-11-17-37-44(42)46(52)50(45(37)51)43-27-31(29-12-5-3-6-13-29)20-23-35(43)30-14-7-4-8-15-30/h3-28H. The molecule has 0 atom stereocenters. The van der Waals surface area contributed by atoms with Crippen LogP contribution in [0, 0.1) is 13.1 Å². The summed E-state index contributed by atoms with van der Waals surface area (Å²) in [5, 5.41) is 1.90. The van der Waals surface area contributed by atoms with E-state index in [2.05, 4.69) is 20.3 Å². The molecule has 0 saturated carbocycles. The molecule has 0 unspecified atom stereocenters. The molecule has 2 amide bonds. The Morgan fingerprint density at radius 3 is 1.90 bits per heavy atom. The average Bonchev–Trinajstić information content (AvgIpc) is 3.67. The van der Waals surface area contributed by atoms with Crippen LogP contribution in [-0.2, 0) is 0 Å². The zero-order chi connectivity index (χ0) is 35.3. The van der Waals surface area contributed by atoms with Gasteiger partial charge in [-0.15, -0.1) is 0 Å². The molecule has 0 radical (unpaired) electrons. The third-order valence-electron chi connectivity index (χ3n) is 9.78. The van der Waals surface area contributed by atoms with Crippen molar-refractivity contribution in [2.75, 3.05) is 4.90 Å². The highest BCUT2D eigenvalue weighted by atomic mass is 16.2. The molecule has 0 aliphatic carbocycles. The molecule has 0 saturated heterocycles. The summed E-state index contributed by atoms with van der Waals surface area (Å²) in [7, 11) is 0. The summed E-state index contributed by atoms with van der Waals surface area (Å²) in [5.74, 6) is -0.760. The van der Waals surface area contributed by atoms with Crippen molar-refractivity contribution < 1.29 is 9.59 Å². The number of nitrogens with zero attached hydrogens (tertiary/aromatic N) is 4. The van der Waals surface area contributed by atoms with Crippen molar-refractivity contribution in [2.45, 2.75) is 0 Å². The van der Waals surface area contributed by atoms with Crippen molar-refractivity contribution in [1.29, 1.82) is 0 Å². The first kappa shape index (κ1) is 30.5. The van der Waals surface area contributed by atoms with Gasteiger partial charge in [-0.1, -0.05) is 121 Å². The van der Waals surface area contributed by atoms with Gasteiger partial charge < -0.3 is 4.57 Å². The zero-order valence-electron chi connectivity index (χ0n) is 27.6. The van der Waals surface area contributed by atoms with Crippen LogP contribution in [0.25, 0.3) is 70.6 Å². The number of hydrogen-bond donors (Lipinski definition) is 0. The van der Waals surface area contributed by atoms with Gasteiger partial charge in [0.05, 0.1) is 46.7 Å². The van der Waals surface area contributed by atoms with Gasteiger partial charge in [0.2, 0.25) is 0 Å². The highest BCUT2D eigenvalue weighted by Gasteiger charge is 2.40. The lowest BCUT2D eigenvalue weighted by Crippen LogP contribution is -2.30. The van der Waals surface area contributed by atoms with Crippen molar-refractivity contribution in [3.05, 3.63) is 192 Å². The summed E-state index contributed by atoms with van der Waals surface area (Å²) in [4.78, 5) is 37.8. The lowest BCUT2D eigenvalue weighted by Gasteiger charge is -2.20. The molecule has 0 spiro atoms. The molecule has 1 aliphatic heterocycles. The van der Waals surface area contributed by atoms with E-state index in [-0.39, 0.29) is 11.8 Å². The van der Waals surface area contributed by atoms with Gasteiger partial charge in [0.25, 0.3) is 11.8 Å². The summed E-state index contributed by atoms with van der Waals surface area (Å²) in [6.45, 7) is 15.2. The number of carbonyl (C=O) groups is 2.